The summed E-state index contributed by atoms with van der Waals surface area (Å²) in [5.74, 6) is 1.45. The summed E-state index contributed by atoms with van der Waals surface area (Å²) >= 11 is 5.84. The minimum Gasteiger partial charge on any atom is -0.492 e. The topological polar surface area (TPSA) is 35.2 Å². The summed E-state index contributed by atoms with van der Waals surface area (Å²) in [6.45, 7) is 4.89. The molecule has 2 aromatic rings. The molecule has 0 aromatic heterocycles. The molecule has 1 unspecified atom stereocenters. The third-order valence-corrected chi connectivity index (χ3v) is 3.55. The van der Waals surface area contributed by atoms with Crippen LogP contribution in [0.25, 0.3) is 0 Å². The lowest BCUT2D eigenvalue weighted by molar-refractivity contribution is 0.290. The second-order valence-corrected chi connectivity index (χ2v) is 6.15. The van der Waals surface area contributed by atoms with Crippen LogP contribution in [0.15, 0.2) is 48.5 Å². The van der Waals surface area contributed by atoms with E-state index in [-0.39, 0.29) is 6.04 Å². The van der Waals surface area contributed by atoms with Gasteiger partial charge in [0.1, 0.15) is 12.4 Å². The van der Waals surface area contributed by atoms with Crippen molar-refractivity contribution in [3.05, 3.63) is 64.7 Å². The van der Waals surface area contributed by atoms with E-state index >= 15 is 0 Å². The maximum Gasteiger partial charge on any atom is 0.119 e. The highest BCUT2D eigenvalue weighted by Gasteiger charge is 2.07. The van der Waals surface area contributed by atoms with E-state index in [1.807, 2.05) is 24.3 Å². The number of ether oxygens (including phenoxy) is 1. The molecule has 0 aliphatic carbocycles. The van der Waals surface area contributed by atoms with Crippen LogP contribution in [0.1, 0.15) is 31.0 Å². The first kappa shape index (κ1) is 15.9. The molecule has 0 saturated heterocycles. The highest BCUT2D eigenvalue weighted by atomic mass is 35.5. The zero-order chi connectivity index (χ0) is 15.2. The molecule has 2 aromatic carbocycles. The molecule has 0 aliphatic rings. The number of nitrogens with two attached hydrogens (primary N) is 1. The first-order chi connectivity index (χ1) is 10.0. The predicted octanol–water partition coefficient (Wildman–Crippen LogP) is 4.62. The standard InChI is InChI=1S/C18H22ClNO/c1-13(2)11-14-3-5-15(6-4-14)18(20)12-21-17-9-7-16(19)8-10-17/h3-10,13,18H,11-12,20H2,1-2H3. The fourth-order valence-corrected chi connectivity index (χ4v) is 2.31. The van der Waals surface area contributed by atoms with Crippen LogP contribution in [0.2, 0.25) is 5.02 Å². The lowest BCUT2D eigenvalue weighted by Gasteiger charge is -2.14. The van der Waals surface area contributed by atoms with Crippen molar-refractivity contribution >= 4 is 11.6 Å². The summed E-state index contributed by atoms with van der Waals surface area (Å²) in [4.78, 5) is 0. The zero-order valence-electron chi connectivity index (χ0n) is 12.6. The fourth-order valence-electron chi connectivity index (χ4n) is 2.19. The van der Waals surface area contributed by atoms with Crippen molar-refractivity contribution < 1.29 is 4.74 Å². The van der Waals surface area contributed by atoms with E-state index in [0.29, 0.717) is 17.5 Å². The van der Waals surface area contributed by atoms with E-state index in [1.165, 1.54) is 5.56 Å². The summed E-state index contributed by atoms with van der Waals surface area (Å²) in [7, 11) is 0. The van der Waals surface area contributed by atoms with Crippen LogP contribution in [0.5, 0.6) is 5.75 Å². The van der Waals surface area contributed by atoms with E-state index in [1.54, 1.807) is 0 Å². The Morgan fingerprint density at radius 2 is 1.62 bits per heavy atom. The molecule has 0 radical (unpaired) electrons. The van der Waals surface area contributed by atoms with Crippen molar-refractivity contribution in [1.29, 1.82) is 0 Å². The third-order valence-electron chi connectivity index (χ3n) is 3.30. The Labute approximate surface area is 131 Å². The van der Waals surface area contributed by atoms with Crippen LogP contribution in [0, 0.1) is 5.92 Å². The van der Waals surface area contributed by atoms with Crippen LogP contribution < -0.4 is 10.5 Å². The molecular formula is C18H22ClNO. The van der Waals surface area contributed by atoms with Gasteiger partial charge in [-0.25, -0.2) is 0 Å². The minimum atomic E-state index is -0.131. The van der Waals surface area contributed by atoms with Gasteiger partial charge in [-0.1, -0.05) is 49.7 Å². The van der Waals surface area contributed by atoms with Crippen molar-refractivity contribution in [2.75, 3.05) is 6.61 Å². The molecule has 0 aliphatic heterocycles. The van der Waals surface area contributed by atoms with Crippen molar-refractivity contribution in [2.45, 2.75) is 26.3 Å². The summed E-state index contributed by atoms with van der Waals surface area (Å²) in [5, 5.41) is 0.701. The minimum absolute atomic E-state index is 0.131. The molecule has 2 nitrogen and oxygen atoms in total. The van der Waals surface area contributed by atoms with Gasteiger partial charge < -0.3 is 10.5 Å². The maximum atomic E-state index is 6.17. The summed E-state index contributed by atoms with van der Waals surface area (Å²) < 4.78 is 5.69. The van der Waals surface area contributed by atoms with E-state index < -0.39 is 0 Å². The lowest BCUT2D eigenvalue weighted by Crippen LogP contribution is -2.19. The van der Waals surface area contributed by atoms with Crippen LogP contribution in [-0.2, 0) is 6.42 Å². The van der Waals surface area contributed by atoms with Crippen molar-refractivity contribution in [3.63, 3.8) is 0 Å². The summed E-state index contributed by atoms with van der Waals surface area (Å²) in [5.41, 5.74) is 8.61. The van der Waals surface area contributed by atoms with Gasteiger partial charge in [0, 0.05) is 5.02 Å². The lowest BCUT2D eigenvalue weighted by atomic mass is 10.00. The highest BCUT2D eigenvalue weighted by Crippen LogP contribution is 2.18. The molecule has 1 atom stereocenters. The highest BCUT2D eigenvalue weighted by molar-refractivity contribution is 6.30. The van der Waals surface area contributed by atoms with E-state index in [9.17, 15) is 0 Å². The molecule has 3 heteroatoms. The molecule has 0 amide bonds. The van der Waals surface area contributed by atoms with Crippen LogP contribution in [-0.4, -0.2) is 6.61 Å². The number of benzene rings is 2. The first-order valence-corrected chi connectivity index (χ1v) is 7.65. The molecule has 0 fully saturated rings. The molecular weight excluding hydrogens is 282 g/mol. The number of hydrogen-bond acceptors (Lipinski definition) is 2. The van der Waals surface area contributed by atoms with E-state index in [4.69, 9.17) is 22.1 Å². The molecule has 112 valence electrons. The smallest absolute Gasteiger partial charge is 0.119 e. The largest absolute Gasteiger partial charge is 0.492 e. The predicted molar refractivity (Wildman–Crippen MR) is 88.9 cm³/mol. The van der Waals surface area contributed by atoms with Gasteiger partial charge in [-0.3, -0.25) is 0 Å². The van der Waals surface area contributed by atoms with Gasteiger partial charge in [-0.15, -0.1) is 0 Å². The average Bonchev–Trinajstić information content (AvgIpc) is 2.46. The Balaban J connectivity index is 1.90. The maximum absolute atomic E-state index is 6.17. The van der Waals surface area contributed by atoms with Gasteiger partial charge in [0.2, 0.25) is 0 Å². The fraction of sp³-hybridized carbons (Fsp3) is 0.333. The van der Waals surface area contributed by atoms with E-state index in [0.717, 1.165) is 17.7 Å². The average molecular weight is 304 g/mol. The van der Waals surface area contributed by atoms with Gasteiger partial charge in [-0.05, 0) is 47.7 Å². The second-order valence-electron chi connectivity index (χ2n) is 5.71. The molecule has 2 rings (SSSR count). The second kappa shape index (κ2) is 7.48. The van der Waals surface area contributed by atoms with Crippen LogP contribution in [0.4, 0.5) is 0 Å². The molecule has 0 spiro atoms. The quantitative estimate of drug-likeness (QED) is 0.845. The molecule has 0 heterocycles. The molecule has 0 bridgehead atoms. The van der Waals surface area contributed by atoms with Crippen molar-refractivity contribution in [3.8, 4) is 5.75 Å². The van der Waals surface area contributed by atoms with Gasteiger partial charge in [0.25, 0.3) is 0 Å². The third kappa shape index (κ3) is 5.07. The molecule has 2 N–H and O–H groups in total. The Morgan fingerprint density at radius 1 is 1.00 bits per heavy atom. The van der Waals surface area contributed by atoms with Gasteiger partial charge in [0.05, 0.1) is 6.04 Å². The Hall–Kier alpha value is -1.51. The summed E-state index contributed by atoms with van der Waals surface area (Å²) in [6, 6.07) is 15.7. The van der Waals surface area contributed by atoms with Gasteiger partial charge in [-0.2, -0.15) is 0 Å². The van der Waals surface area contributed by atoms with Gasteiger partial charge in [0.15, 0.2) is 0 Å². The molecule has 0 saturated carbocycles. The zero-order valence-corrected chi connectivity index (χ0v) is 13.3. The summed E-state index contributed by atoms with van der Waals surface area (Å²) in [6.07, 6.45) is 1.09. The monoisotopic (exact) mass is 303 g/mol. The Bertz CT molecular complexity index is 548. The van der Waals surface area contributed by atoms with E-state index in [2.05, 4.69) is 38.1 Å². The number of rotatable bonds is 6. The Kier molecular flexibility index (Phi) is 5.66. The van der Waals surface area contributed by atoms with Crippen LogP contribution >= 0.6 is 11.6 Å². The van der Waals surface area contributed by atoms with Crippen molar-refractivity contribution in [2.24, 2.45) is 11.7 Å². The molecule has 21 heavy (non-hydrogen) atoms. The number of hydrogen-bond donors (Lipinski definition) is 1. The van der Waals surface area contributed by atoms with Crippen LogP contribution in [0.3, 0.4) is 0 Å². The SMILES string of the molecule is CC(C)Cc1ccc(C(N)COc2ccc(Cl)cc2)cc1. The number of halogens is 1. The van der Waals surface area contributed by atoms with Gasteiger partial charge >= 0.3 is 0 Å². The van der Waals surface area contributed by atoms with Crippen molar-refractivity contribution in [1.82, 2.24) is 0 Å². The first-order valence-electron chi connectivity index (χ1n) is 7.27. The Morgan fingerprint density at radius 3 is 2.19 bits per heavy atom. The normalized spacial score (nSPS) is 12.4.